The zero-order valence-electron chi connectivity index (χ0n) is 18.6. The Balaban J connectivity index is 1.40. The first-order valence-electron chi connectivity index (χ1n) is 11.0. The predicted molar refractivity (Wildman–Crippen MR) is 123 cm³/mol. The minimum atomic E-state index is -0.454. The molecular weight excluding hydrogens is 436 g/mol. The van der Waals surface area contributed by atoms with Crippen molar-refractivity contribution in [3.8, 4) is 17.1 Å². The number of esters is 1. The van der Waals surface area contributed by atoms with Crippen molar-refractivity contribution in [1.82, 2.24) is 20.6 Å². The molecule has 174 valence electrons. The quantitative estimate of drug-likeness (QED) is 0.419. The van der Waals surface area contributed by atoms with Gasteiger partial charge >= 0.3 is 5.97 Å². The lowest BCUT2D eigenvalue weighted by Crippen LogP contribution is -2.23. The van der Waals surface area contributed by atoms with E-state index in [-0.39, 0.29) is 12.2 Å². The van der Waals surface area contributed by atoms with E-state index in [9.17, 15) is 9.90 Å². The van der Waals surface area contributed by atoms with Crippen molar-refractivity contribution in [3.63, 3.8) is 0 Å². The number of carbonyl (C=O) groups excluding carboxylic acids is 1. The van der Waals surface area contributed by atoms with E-state index < -0.39 is 5.97 Å². The monoisotopic (exact) mass is 460 g/mol. The summed E-state index contributed by atoms with van der Waals surface area (Å²) in [5, 5.41) is 25.8. The number of aliphatic hydroxyl groups is 1. The number of tetrazole rings is 1. The molecule has 1 aliphatic rings. The third-order valence-electron chi connectivity index (χ3n) is 5.92. The van der Waals surface area contributed by atoms with E-state index >= 15 is 0 Å². The highest BCUT2D eigenvalue weighted by molar-refractivity contribution is 6.02. The van der Waals surface area contributed by atoms with Gasteiger partial charge in [-0.3, -0.25) is 0 Å². The van der Waals surface area contributed by atoms with Gasteiger partial charge in [0.2, 0.25) is 5.82 Å². The Morgan fingerprint density at radius 2 is 2.12 bits per heavy atom. The van der Waals surface area contributed by atoms with Gasteiger partial charge in [-0.1, -0.05) is 18.2 Å². The van der Waals surface area contributed by atoms with E-state index in [1.54, 1.807) is 12.1 Å². The van der Waals surface area contributed by atoms with Gasteiger partial charge in [-0.2, -0.15) is 5.21 Å². The van der Waals surface area contributed by atoms with Crippen molar-refractivity contribution in [2.45, 2.75) is 31.7 Å². The van der Waals surface area contributed by atoms with Crippen LogP contribution in [-0.4, -0.2) is 51.5 Å². The molecule has 5 rings (SSSR count). The number of ether oxygens (including phenoxy) is 3. The molecule has 2 atom stereocenters. The first-order chi connectivity index (χ1) is 16.6. The summed E-state index contributed by atoms with van der Waals surface area (Å²) in [7, 11) is 1.34. The molecular formula is C25H24N4O5. The van der Waals surface area contributed by atoms with E-state index in [0.717, 1.165) is 21.9 Å². The molecule has 0 amide bonds. The third-order valence-corrected chi connectivity index (χ3v) is 5.92. The molecule has 2 N–H and O–H groups in total. The van der Waals surface area contributed by atoms with E-state index in [0.29, 0.717) is 48.8 Å². The Kier molecular flexibility index (Phi) is 6.20. The number of aromatic nitrogens is 4. The van der Waals surface area contributed by atoms with Gasteiger partial charge in [0.15, 0.2) is 0 Å². The van der Waals surface area contributed by atoms with Crippen LogP contribution in [0.1, 0.15) is 40.4 Å². The van der Waals surface area contributed by atoms with Crippen LogP contribution in [0.2, 0.25) is 0 Å². The van der Waals surface area contributed by atoms with Crippen molar-refractivity contribution in [3.05, 3.63) is 71.3 Å². The zero-order valence-corrected chi connectivity index (χ0v) is 18.6. The van der Waals surface area contributed by atoms with Crippen LogP contribution in [0.25, 0.3) is 22.2 Å². The molecule has 2 unspecified atom stereocenters. The van der Waals surface area contributed by atoms with E-state index in [1.807, 2.05) is 42.5 Å². The fourth-order valence-corrected chi connectivity index (χ4v) is 4.20. The lowest BCUT2D eigenvalue weighted by atomic mass is 9.98. The summed E-state index contributed by atoms with van der Waals surface area (Å²) < 4.78 is 16.8. The Labute approximate surface area is 195 Å². The molecule has 4 aromatic rings. The number of hydrogen-bond donors (Lipinski definition) is 2. The smallest absolute Gasteiger partial charge is 0.337 e. The maximum Gasteiger partial charge on any atom is 0.337 e. The SMILES string of the molecule is COC(=O)c1cc(-c2nn[nH]n2)c2ccc(OCc3cccc(C4CC(O)CCO4)c3)cc2c1. The van der Waals surface area contributed by atoms with Crippen LogP contribution < -0.4 is 4.74 Å². The maximum atomic E-state index is 12.2. The Bertz CT molecular complexity index is 1310. The second-order valence-electron chi connectivity index (χ2n) is 8.21. The number of methoxy groups -OCH3 is 1. The lowest BCUT2D eigenvalue weighted by Gasteiger charge is -2.27. The fourth-order valence-electron chi connectivity index (χ4n) is 4.20. The number of carbonyl (C=O) groups is 1. The minimum Gasteiger partial charge on any atom is -0.489 e. The van der Waals surface area contributed by atoms with Crippen molar-refractivity contribution >= 4 is 16.7 Å². The first kappa shape index (κ1) is 22.0. The molecule has 0 bridgehead atoms. The summed E-state index contributed by atoms with van der Waals surface area (Å²) in [6.07, 6.45) is 0.835. The molecule has 9 nitrogen and oxygen atoms in total. The van der Waals surface area contributed by atoms with Crippen LogP contribution in [0.4, 0.5) is 0 Å². The summed E-state index contributed by atoms with van der Waals surface area (Å²) in [6.45, 7) is 0.923. The molecule has 1 saturated heterocycles. The summed E-state index contributed by atoms with van der Waals surface area (Å²) in [5.74, 6) is 0.587. The largest absolute Gasteiger partial charge is 0.489 e. The Hall–Kier alpha value is -3.82. The number of nitrogens with one attached hydrogen (secondary N) is 1. The minimum absolute atomic E-state index is 0.107. The second-order valence-corrected chi connectivity index (χ2v) is 8.21. The van der Waals surface area contributed by atoms with Crippen LogP contribution in [0.15, 0.2) is 54.6 Å². The van der Waals surface area contributed by atoms with Gasteiger partial charge in [-0.05, 0) is 69.9 Å². The van der Waals surface area contributed by atoms with Crippen molar-refractivity contribution < 1.29 is 24.1 Å². The van der Waals surface area contributed by atoms with Gasteiger partial charge in [-0.25, -0.2) is 4.79 Å². The molecule has 0 saturated carbocycles. The van der Waals surface area contributed by atoms with Gasteiger partial charge in [-0.15, -0.1) is 10.2 Å². The van der Waals surface area contributed by atoms with Gasteiger partial charge in [0.25, 0.3) is 0 Å². The van der Waals surface area contributed by atoms with E-state index in [4.69, 9.17) is 14.2 Å². The van der Waals surface area contributed by atoms with Crippen molar-refractivity contribution in [2.75, 3.05) is 13.7 Å². The molecule has 0 radical (unpaired) electrons. The van der Waals surface area contributed by atoms with Gasteiger partial charge < -0.3 is 19.3 Å². The number of aliphatic hydroxyl groups excluding tert-OH is 1. The fraction of sp³-hybridized carbons (Fsp3) is 0.280. The highest BCUT2D eigenvalue weighted by Crippen LogP contribution is 2.32. The van der Waals surface area contributed by atoms with Crippen LogP contribution in [-0.2, 0) is 16.1 Å². The number of H-pyrrole nitrogens is 1. The molecule has 1 fully saturated rings. The number of rotatable bonds is 6. The normalized spacial score (nSPS) is 18.1. The number of hydrogen-bond acceptors (Lipinski definition) is 8. The van der Waals surface area contributed by atoms with Crippen molar-refractivity contribution in [2.24, 2.45) is 0 Å². The number of aromatic amines is 1. The lowest BCUT2D eigenvalue weighted by molar-refractivity contribution is -0.0448. The Morgan fingerprint density at radius 1 is 1.21 bits per heavy atom. The average Bonchev–Trinajstić information content (AvgIpc) is 3.41. The summed E-state index contributed by atoms with van der Waals surface area (Å²) in [5.41, 5.74) is 3.08. The van der Waals surface area contributed by atoms with Gasteiger partial charge in [0.05, 0.1) is 24.9 Å². The molecule has 0 spiro atoms. The Morgan fingerprint density at radius 3 is 2.91 bits per heavy atom. The van der Waals surface area contributed by atoms with E-state index in [1.165, 1.54) is 7.11 Å². The molecule has 1 aromatic heterocycles. The summed E-state index contributed by atoms with van der Waals surface area (Å²) in [4.78, 5) is 12.2. The van der Waals surface area contributed by atoms with Crippen LogP contribution >= 0.6 is 0 Å². The van der Waals surface area contributed by atoms with Crippen molar-refractivity contribution in [1.29, 1.82) is 0 Å². The summed E-state index contributed by atoms with van der Waals surface area (Å²) in [6, 6.07) is 17.1. The highest BCUT2D eigenvalue weighted by Gasteiger charge is 2.22. The number of fused-ring (bicyclic) bond motifs is 1. The maximum absolute atomic E-state index is 12.2. The standard InChI is InChI=1S/C25H24N4O5/c1-32-25(31)18-10-17-11-20(5-6-21(17)22(12-18)24-26-28-29-27-24)34-14-15-3-2-4-16(9-15)23-13-19(30)7-8-33-23/h2-6,9-12,19,23,30H,7-8,13-14H2,1H3,(H,26,27,28,29). The van der Waals surface area contributed by atoms with E-state index in [2.05, 4.69) is 20.6 Å². The molecule has 0 aliphatic carbocycles. The van der Waals surface area contributed by atoms with Crippen LogP contribution in [0, 0.1) is 0 Å². The number of nitrogens with zero attached hydrogens (tertiary/aromatic N) is 3. The topological polar surface area (TPSA) is 119 Å². The molecule has 2 heterocycles. The molecule has 9 heteroatoms. The predicted octanol–water partition coefficient (Wildman–Crippen LogP) is 3.60. The van der Waals surface area contributed by atoms with Crippen LogP contribution in [0.5, 0.6) is 5.75 Å². The summed E-state index contributed by atoms with van der Waals surface area (Å²) >= 11 is 0. The molecule has 34 heavy (non-hydrogen) atoms. The molecule has 3 aromatic carbocycles. The third kappa shape index (κ3) is 4.61. The van der Waals surface area contributed by atoms with Gasteiger partial charge in [0.1, 0.15) is 12.4 Å². The number of benzene rings is 3. The molecule has 1 aliphatic heterocycles. The van der Waals surface area contributed by atoms with Gasteiger partial charge in [0, 0.05) is 18.6 Å². The zero-order chi connectivity index (χ0) is 23.5. The van der Waals surface area contributed by atoms with Crippen LogP contribution in [0.3, 0.4) is 0 Å². The highest BCUT2D eigenvalue weighted by atomic mass is 16.5. The first-order valence-corrected chi connectivity index (χ1v) is 11.0. The second kappa shape index (κ2) is 9.58. The average molecular weight is 460 g/mol.